The van der Waals surface area contributed by atoms with Crippen LogP contribution >= 0.6 is 11.8 Å². The second-order valence-corrected chi connectivity index (χ2v) is 7.85. The van der Waals surface area contributed by atoms with Gasteiger partial charge in [-0.15, -0.1) is 24.9 Å². The number of likely N-dealkylation sites (tertiary alicyclic amines) is 1. The topological polar surface area (TPSA) is 59.0 Å². The van der Waals surface area contributed by atoms with E-state index in [0.717, 1.165) is 16.9 Å². The van der Waals surface area contributed by atoms with Crippen LogP contribution in [0.3, 0.4) is 0 Å². The lowest BCUT2D eigenvalue weighted by Crippen LogP contribution is -2.33. The number of aliphatic hydroxyl groups excluding tert-OH is 1. The monoisotopic (exact) mass is 427 g/mol. The number of halogens is 3. The average Bonchev–Trinajstić information content (AvgIpc) is 3.15. The molecule has 1 aliphatic rings. The lowest BCUT2D eigenvalue weighted by molar-refractivity contribution is -0.274. The van der Waals surface area contributed by atoms with Gasteiger partial charge in [0.2, 0.25) is 0 Å². The fourth-order valence-corrected chi connectivity index (χ4v) is 4.05. The van der Waals surface area contributed by atoms with Gasteiger partial charge in [-0.3, -0.25) is 4.79 Å². The Morgan fingerprint density at radius 3 is 2.38 bits per heavy atom. The molecule has 9 heteroatoms. The number of amides is 1. The van der Waals surface area contributed by atoms with Gasteiger partial charge >= 0.3 is 6.36 Å². The molecule has 3 rings (SSSR count). The van der Waals surface area contributed by atoms with Crippen molar-refractivity contribution in [3.8, 4) is 11.5 Å². The third kappa shape index (κ3) is 6.57. The number of benzene rings is 2. The summed E-state index contributed by atoms with van der Waals surface area (Å²) in [7, 11) is 0. The Morgan fingerprint density at radius 1 is 1.10 bits per heavy atom. The third-order valence-corrected chi connectivity index (χ3v) is 5.59. The van der Waals surface area contributed by atoms with Gasteiger partial charge < -0.3 is 19.5 Å². The molecule has 0 spiro atoms. The first-order chi connectivity index (χ1) is 13.8. The number of carbonyl (C=O) groups is 1. The summed E-state index contributed by atoms with van der Waals surface area (Å²) in [5, 5.41) is 9.19. The van der Waals surface area contributed by atoms with Crippen molar-refractivity contribution in [3.63, 3.8) is 0 Å². The van der Waals surface area contributed by atoms with Crippen molar-refractivity contribution in [2.45, 2.75) is 29.5 Å². The second kappa shape index (κ2) is 9.41. The molecular weight excluding hydrogens is 407 g/mol. The van der Waals surface area contributed by atoms with E-state index in [1.54, 1.807) is 41.3 Å². The average molecular weight is 427 g/mol. The van der Waals surface area contributed by atoms with E-state index in [1.165, 1.54) is 23.9 Å². The Bertz CT molecular complexity index is 812. The summed E-state index contributed by atoms with van der Waals surface area (Å²) in [6, 6.07) is 12.6. The molecule has 156 valence electrons. The SMILES string of the molecule is O=C(COc1ccc(CO)cc1)N1CCC(Sc2ccc(OC(F)(F)F)cc2)C1. The number of hydrogen-bond donors (Lipinski definition) is 1. The highest BCUT2D eigenvalue weighted by Gasteiger charge is 2.31. The summed E-state index contributed by atoms with van der Waals surface area (Å²) < 4.78 is 46.0. The Labute approximate surface area is 170 Å². The molecule has 0 saturated carbocycles. The van der Waals surface area contributed by atoms with Crippen LogP contribution in [0.5, 0.6) is 11.5 Å². The summed E-state index contributed by atoms with van der Waals surface area (Å²) in [6.45, 7) is 1.04. The molecule has 1 aliphatic heterocycles. The van der Waals surface area contributed by atoms with Gasteiger partial charge in [0.1, 0.15) is 11.5 Å². The first-order valence-corrected chi connectivity index (χ1v) is 9.83. The Hall–Kier alpha value is -2.39. The van der Waals surface area contributed by atoms with Crippen LogP contribution in [0.25, 0.3) is 0 Å². The maximum atomic E-state index is 12.3. The van der Waals surface area contributed by atoms with Crippen molar-refractivity contribution in [1.29, 1.82) is 0 Å². The molecule has 0 bridgehead atoms. The zero-order valence-electron chi connectivity index (χ0n) is 15.4. The van der Waals surface area contributed by atoms with Gasteiger partial charge in [-0.25, -0.2) is 0 Å². The van der Waals surface area contributed by atoms with E-state index in [4.69, 9.17) is 9.84 Å². The maximum Gasteiger partial charge on any atom is 0.573 e. The molecule has 1 N–H and O–H groups in total. The van der Waals surface area contributed by atoms with Crippen LogP contribution in [0.15, 0.2) is 53.4 Å². The molecule has 1 fully saturated rings. The van der Waals surface area contributed by atoms with E-state index in [-0.39, 0.29) is 30.1 Å². The fourth-order valence-electron chi connectivity index (χ4n) is 2.89. The first-order valence-electron chi connectivity index (χ1n) is 8.95. The predicted octanol–water partition coefficient (Wildman–Crippen LogP) is 3.85. The number of rotatable bonds is 7. The lowest BCUT2D eigenvalue weighted by atomic mass is 10.2. The summed E-state index contributed by atoms with van der Waals surface area (Å²) in [5.41, 5.74) is 0.765. The number of nitrogens with zero attached hydrogens (tertiary/aromatic N) is 1. The smallest absolute Gasteiger partial charge is 0.484 e. The summed E-state index contributed by atoms with van der Waals surface area (Å²) >= 11 is 1.52. The van der Waals surface area contributed by atoms with Crippen molar-refractivity contribution in [1.82, 2.24) is 4.90 Å². The van der Waals surface area contributed by atoms with E-state index in [0.29, 0.717) is 18.8 Å². The molecule has 2 aromatic carbocycles. The Balaban J connectivity index is 1.44. The van der Waals surface area contributed by atoms with E-state index in [2.05, 4.69) is 4.74 Å². The van der Waals surface area contributed by atoms with Crippen LogP contribution in [0.1, 0.15) is 12.0 Å². The van der Waals surface area contributed by atoms with Gasteiger partial charge in [0, 0.05) is 23.2 Å². The predicted molar refractivity (Wildman–Crippen MR) is 102 cm³/mol. The summed E-state index contributed by atoms with van der Waals surface area (Å²) in [4.78, 5) is 14.9. The van der Waals surface area contributed by atoms with Gasteiger partial charge in [0.05, 0.1) is 6.61 Å². The largest absolute Gasteiger partial charge is 0.573 e. The number of carbonyl (C=O) groups excluding carboxylic acids is 1. The minimum absolute atomic E-state index is 0.0515. The maximum absolute atomic E-state index is 12.3. The summed E-state index contributed by atoms with van der Waals surface area (Å²) in [5.74, 6) is 0.185. The van der Waals surface area contributed by atoms with Gasteiger partial charge in [-0.2, -0.15) is 0 Å². The van der Waals surface area contributed by atoms with Crippen LogP contribution in [0.2, 0.25) is 0 Å². The van der Waals surface area contributed by atoms with Crippen LogP contribution in [0, 0.1) is 0 Å². The Kier molecular flexibility index (Phi) is 6.92. The molecular formula is C20H20F3NO4S. The number of thioether (sulfide) groups is 1. The molecule has 29 heavy (non-hydrogen) atoms. The number of hydrogen-bond acceptors (Lipinski definition) is 5. The highest BCUT2D eigenvalue weighted by atomic mass is 32.2. The second-order valence-electron chi connectivity index (χ2n) is 6.48. The van der Waals surface area contributed by atoms with Gasteiger partial charge in [0.25, 0.3) is 5.91 Å². The molecule has 2 aromatic rings. The molecule has 0 aromatic heterocycles. The Morgan fingerprint density at radius 2 is 1.76 bits per heavy atom. The molecule has 1 amide bonds. The highest BCUT2D eigenvalue weighted by Crippen LogP contribution is 2.32. The zero-order valence-corrected chi connectivity index (χ0v) is 16.2. The van der Waals surface area contributed by atoms with Gasteiger partial charge in [-0.05, 0) is 48.4 Å². The normalized spacial score (nSPS) is 16.7. The van der Waals surface area contributed by atoms with Gasteiger partial charge in [-0.1, -0.05) is 12.1 Å². The minimum Gasteiger partial charge on any atom is -0.484 e. The standard InChI is InChI=1S/C20H20F3NO4S/c21-20(22,23)28-16-5-7-17(8-6-16)29-18-9-10-24(11-18)19(26)13-27-15-3-1-14(12-25)2-4-15/h1-8,18,25H,9-13H2. The van der Waals surface area contributed by atoms with Crippen molar-refractivity contribution in [3.05, 3.63) is 54.1 Å². The molecule has 1 unspecified atom stereocenters. The number of ether oxygens (including phenoxy) is 2. The molecule has 5 nitrogen and oxygen atoms in total. The highest BCUT2D eigenvalue weighted by molar-refractivity contribution is 8.00. The lowest BCUT2D eigenvalue weighted by Gasteiger charge is -2.17. The number of aliphatic hydroxyl groups is 1. The summed E-state index contributed by atoms with van der Waals surface area (Å²) in [6.07, 6.45) is -3.91. The van der Waals surface area contributed by atoms with Crippen molar-refractivity contribution in [2.75, 3.05) is 19.7 Å². The van der Waals surface area contributed by atoms with E-state index in [9.17, 15) is 18.0 Å². The van der Waals surface area contributed by atoms with Crippen LogP contribution in [-0.4, -0.2) is 47.2 Å². The third-order valence-electron chi connectivity index (χ3n) is 4.33. The zero-order chi connectivity index (χ0) is 20.9. The molecule has 0 radical (unpaired) electrons. The van der Waals surface area contributed by atoms with E-state index >= 15 is 0 Å². The minimum atomic E-state index is -4.70. The molecule has 1 heterocycles. The van der Waals surface area contributed by atoms with Crippen molar-refractivity contribution >= 4 is 17.7 Å². The van der Waals surface area contributed by atoms with Crippen LogP contribution in [-0.2, 0) is 11.4 Å². The van der Waals surface area contributed by atoms with Crippen LogP contribution < -0.4 is 9.47 Å². The van der Waals surface area contributed by atoms with Crippen molar-refractivity contribution < 1.29 is 32.5 Å². The van der Waals surface area contributed by atoms with E-state index < -0.39 is 6.36 Å². The molecule has 1 atom stereocenters. The molecule has 1 saturated heterocycles. The van der Waals surface area contributed by atoms with Crippen LogP contribution in [0.4, 0.5) is 13.2 Å². The van der Waals surface area contributed by atoms with Crippen molar-refractivity contribution in [2.24, 2.45) is 0 Å². The van der Waals surface area contributed by atoms with E-state index in [1.807, 2.05) is 0 Å². The number of alkyl halides is 3. The fraction of sp³-hybridized carbons (Fsp3) is 0.350. The quantitative estimate of drug-likeness (QED) is 0.728. The van der Waals surface area contributed by atoms with Gasteiger partial charge in [0.15, 0.2) is 6.61 Å². The first kappa shape index (κ1) is 21.3. The molecule has 0 aliphatic carbocycles.